The van der Waals surface area contributed by atoms with Crippen LogP contribution < -0.4 is 0 Å². The van der Waals surface area contributed by atoms with E-state index in [1.54, 1.807) is 0 Å². The fraction of sp³-hybridized carbons (Fsp3) is 0.700. The van der Waals surface area contributed by atoms with Gasteiger partial charge in [0.15, 0.2) is 0 Å². The van der Waals surface area contributed by atoms with Crippen LogP contribution in [-0.2, 0) is 19.4 Å². The summed E-state index contributed by atoms with van der Waals surface area (Å²) in [5.74, 6) is 0. The van der Waals surface area contributed by atoms with Crippen LogP contribution in [0.5, 0.6) is 0 Å². The molecule has 0 aromatic carbocycles. The van der Waals surface area contributed by atoms with E-state index in [0.717, 1.165) is 0 Å². The minimum absolute atomic E-state index is 0.0230. The van der Waals surface area contributed by atoms with Crippen molar-refractivity contribution < 1.29 is 42.4 Å². The smallest absolute Gasteiger partial charge is 0.394 e. The molecule has 1 heterocycles. The fourth-order valence-corrected chi connectivity index (χ4v) is 2.91. The van der Waals surface area contributed by atoms with Gasteiger partial charge in [-0.1, -0.05) is 23.0 Å². The average molecular weight is 359 g/mol. The molecule has 12 heteroatoms. The molecule has 1 rings (SSSR count). The van der Waals surface area contributed by atoms with Crippen LogP contribution in [0.25, 0.3) is 0 Å². The van der Waals surface area contributed by atoms with E-state index in [1.807, 2.05) is 0 Å². The lowest BCUT2D eigenvalue weighted by Gasteiger charge is -2.39. The number of thioether (sulfide) groups is 1. The van der Waals surface area contributed by atoms with Gasteiger partial charge in [-0.15, -0.1) is 6.58 Å². The summed E-state index contributed by atoms with van der Waals surface area (Å²) in [7, 11) is -4.79. The van der Waals surface area contributed by atoms with E-state index >= 15 is 0 Å². The lowest BCUT2D eigenvalue weighted by molar-refractivity contribution is -0.205. The maximum absolute atomic E-state index is 10.5. The number of allylic oxidation sites excluding steroid dienone is 1. The van der Waals surface area contributed by atoms with E-state index in [9.17, 15) is 23.7 Å². The van der Waals surface area contributed by atoms with Crippen molar-refractivity contribution in [3.8, 4) is 0 Å². The molecular weight excluding hydrogens is 342 g/mol. The lowest BCUT2D eigenvalue weighted by Crippen LogP contribution is -2.57. The van der Waals surface area contributed by atoms with Gasteiger partial charge in [0.05, 0.1) is 6.61 Å². The number of nitrogens with zero attached hydrogens (tertiary/aromatic N) is 1. The molecule has 128 valence electrons. The molecule has 0 aromatic rings. The summed E-state index contributed by atoms with van der Waals surface area (Å²) in [6, 6.07) is 0. The van der Waals surface area contributed by atoms with E-state index < -0.39 is 46.9 Å². The van der Waals surface area contributed by atoms with E-state index in [-0.39, 0.29) is 11.5 Å². The number of oxime groups is 1. The van der Waals surface area contributed by atoms with Crippen molar-refractivity contribution in [3.05, 3.63) is 12.7 Å². The van der Waals surface area contributed by atoms with Gasteiger partial charge in [0.2, 0.25) is 0 Å². The first kappa shape index (κ1) is 19.3. The Labute approximate surface area is 131 Å². The second kappa shape index (κ2) is 8.21. The number of hydrogen-bond donors (Lipinski definition) is 5. The van der Waals surface area contributed by atoms with Crippen molar-refractivity contribution in [1.29, 1.82) is 0 Å². The first-order valence-corrected chi connectivity index (χ1v) is 8.25. The van der Waals surface area contributed by atoms with E-state index in [0.29, 0.717) is 11.8 Å². The number of ether oxygens (including phenoxy) is 1. The van der Waals surface area contributed by atoms with Crippen molar-refractivity contribution in [2.45, 2.75) is 36.3 Å². The normalized spacial score (nSPS) is 33.5. The Balaban J connectivity index is 2.85. The molecule has 0 aromatic heterocycles. The van der Waals surface area contributed by atoms with Crippen LogP contribution in [0, 0.1) is 0 Å². The molecule has 0 spiro atoms. The molecule has 0 unspecified atom stereocenters. The van der Waals surface area contributed by atoms with Crippen LogP contribution in [0.15, 0.2) is 17.8 Å². The SMILES string of the molecule is C=CC/C(=N/OS(=O)(=O)O)S[C@H]1O[C@@H](CO)[C@H](O)[C@@H](O)[C@@H]1O. The standard InChI is InChI=1S/C10H17NO9S2/c1-2-3-6(11-20-22(16,17)18)21-10-9(15)8(14)7(13)5(4-12)19-10/h2,5,7-10,12-15H,1,3-4H2,(H,16,17,18)/b11-6-/t5-,7-,8+,9-,10+/m0/s1. The Hall–Kier alpha value is -0.730. The van der Waals surface area contributed by atoms with Gasteiger partial charge in [-0.05, 0) is 0 Å². The van der Waals surface area contributed by atoms with Gasteiger partial charge in [-0.25, -0.2) is 4.28 Å². The number of aliphatic hydroxyl groups excluding tert-OH is 4. The predicted octanol–water partition coefficient (Wildman–Crippen LogP) is -1.77. The van der Waals surface area contributed by atoms with Gasteiger partial charge >= 0.3 is 10.4 Å². The van der Waals surface area contributed by atoms with Gasteiger partial charge in [0, 0.05) is 6.42 Å². The number of rotatable bonds is 6. The first-order chi connectivity index (χ1) is 10.2. The van der Waals surface area contributed by atoms with Crippen LogP contribution in [0.1, 0.15) is 6.42 Å². The lowest BCUT2D eigenvalue weighted by atomic mass is 10.0. The summed E-state index contributed by atoms with van der Waals surface area (Å²) in [5.41, 5.74) is -1.15. The Morgan fingerprint density at radius 3 is 2.45 bits per heavy atom. The van der Waals surface area contributed by atoms with Gasteiger partial charge < -0.3 is 25.2 Å². The maximum Gasteiger partial charge on any atom is 0.466 e. The quantitative estimate of drug-likeness (QED) is 0.120. The van der Waals surface area contributed by atoms with Crippen molar-refractivity contribution in [2.24, 2.45) is 5.16 Å². The van der Waals surface area contributed by atoms with Crippen LogP contribution in [-0.4, -0.2) is 74.9 Å². The van der Waals surface area contributed by atoms with E-state index in [4.69, 9.17) is 14.4 Å². The third kappa shape index (κ3) is 5.48. The van der Waals surface area contributed by atoms with Crippen molar-refractivity contribution in [2.75, 3.05) is 6.61 Å². The third-order valence-corrected chi connectivity index (χ3v) is 4.05. The zero-order chi connectivity index (χ0) is 16.9. The summed E-state index contributed by atoms with van der Waals surface area (Å²) in [6.45, 7) is 2.82. The maximum atomic E-state index is 10.5. The highest BCUT2D eigenvalue weighted by atomic mass is 32.3. The Kier molecular flexibility index (Phi) is 7.21. The summed E-state index contributed by atoms with van der Waals surface area (Å²) in [4.78, 5) is 0. The highest BCUT2D eigenvalue weighted by Crippen LogP contribution is 2.30. The molecule has 1 fully saturated rings. The third-order valence-electron chi connectivity index (χ3n) is 2.65. The molecule has 0 radical (unpaired) electrons. The molecule has 0 amide bonds. The molecule has 22 heavy (non-hydrogen) atoms. The zero-order valence-corrected chi connectivity index (χ0v) is 12.9. The van der Waals surface area contributed by atoms with Crippen LogP contribution in [0.4, 0.5) is 0 Å². The summed E-state index contributed by atoms with van der Waals surface area (Å²) >= 11 is 0.688. The predicted molar refractivity (Wildman–Crippen MR) is 76.2 cm³/mol. The van der Waals surface area contributed by atoms with Gasteiger partial charge in [0.25, 0.3) is 0 Å². The molecule has 0 bridgehead atoms. The zero-order valence-electron chi connectivity index (χ0n) is 11.2. The van der Waals surface area contributed by atoms with E-state index in [1.165, 1.54) is 6.08 Å². The Morgan fingerprint density at radius 1 is 1.32 bits per heavy atom. The minimum atomic E-state index is -4.79. The Morgan fingerprint density at radius 2 is 1.95 bits per heavy atom. The van der Waals surface area contributed by atoms with Gasteiger partial charge in [-0.2, -0.15) is 8.42 Å². The molecule has 10 nitrogen and oxygen atoms in total. The number of aliphatic hydroxyl groups is 4. The minimum Gasteiger partial charge on any atom is -0.394 e. The van der Waals surface area contributed by atoms with Gasteiger partial charge in [-0.3, -0.25) is 4.55 Å². The fourth-order valence-electron chi connectivity index (χ4n) is 1.62. The molecule has 0 aliphatic carbocycles. The van der Waals surface area contributed by atoms with Crippen LogP contribution in [0.3, 0.4) is 0 Å². The van der Waals surface area contributed by atoms with Crippen LogP contribution >= 0.6 is 11.8 Å². The largest absolute Gasteiger partial charge is 0.466 e. The van der Waals surface area contributed by atoms with Gasteiger partial charge in [0.1, 0.15) is 34.9 Å². The highest BCUT2D eigenvalue weighted by Gasteiger charge is 2.44. The highest BCUT2D eigenvalue weighted by molar-refractivity contribution is 8.14. The molecule has 0 saturated carbocycles. The Bertz CT molecular complexity index is 507. The molecule has 1 aliphatic heterocycles. The average Bonchev–Trinajstić information content (AvgIpc) is 2.44. The van der Waals surface area contributed by atoms with Crippen molar-refractivity contribution >= 4 is 27.2 Å². The molecular formula is C10H17NO9S2. The molecule has 1 saturated heterocycles. The molecule has 5 atom stereocenters. The molecule has 5 N–H and O–H groups in total. The van der Waals surface area contributed by atoms with Crippen molar-refractivity contribution in [3.63, 3.8) is 0 Å². The summed E-state index contributed by atoms with van der Waals surface area (Å²) in [6.07, 6.45) is -4.34. The second-order valence-corrected chi connectivity index (χ2v) is 6.47. The van der Waals surface area contributed by atoms with E-state index in [2.05, 4.69) is 16.0 Å². The first-order valence-electron chi connectivity index (χ1n) is 6.00. The monoisotopic (exact) mass is 359 g/mol. The second-order valence-electron chi connectivity index (χ2n) is 4.30. The van der Waals surface area contributed by atoms with Crippen LogP contribution in [0.2, 0.25) is 0 Å². The number of hydrogen-bond acceptors (Lipinski definition) is 10. The topological polar surface area (TPSA) is 166 Å². The summed E-state index contributed by atoms with van der Waals surface area (Å²) < 4.78 is 38.5. The van der Waals surface area contributed by atoms with Crippen molar-refractivity contribution in [1.82, 2.24) is 0 Å². The summed E-state index contributed by atoms with van der Waals surface area (Å²) in [5, 5.41) is 41.3. The molecule has 1 aliphatic rings.